The summed E-state index contributed by atoms with van der Waals surface area (Å²) in [6.45, 7) is 7.69. The van der Waals surface area contributed by atoms with Crippen LogP contribution < -0.4 is 0 Å². The van der Waals surface area contributed by atoms with Crippen LogP contribution >= 0.6 is 0 Å². The van der Waals surface area contributed by atoms with Crippen molar-refractivity contribution in [2.45, 2.75) is 33.9 Å². The Kier molecular flexibility index (Phi) is 4.99. The molecule has 0 unspecified atom stereocenters. The lowest BCUT2D eigenvalue weighted by atomic mass is 9.86. The quantitative estimate of drug-likeness (QED) is 0.690. The summed E-state index contributed by atoms with van der Waals surface area (Å²) in [6, 6.07) is 7.19. The Labute approximate surface area is 117 Å². The lowest BCUT2D eigenvalue weighted by molar-refractivity contribution is -0.137. The number of hydrogen-bond acceptors (Lipinski definition) is 1. The van der Waals surface area contributed by atoms with Gasteiger partial charge >= 0.3 is 6.18 Å². The number of nitriles is 1. The molecular formula is C16H18F3N. The van der Waals surface area contributed by atoms with Gasteiger partial charge in [0.1, 0.15) is 0 Å². The molecule has 1 aromatic carbocycles. The summed E-state index contributed by atoms with van der Waals surface area (Å²) < 4.78 is 37.7. The normalized spacial score (nSPS) is 13.4. The molecule has 1 rings (SSSR count). The molecular weight excluding hydrogens is 263 g/mol. The van der Waals surface area contributed by atoms with Gasteiger partial charge in [0.15, 0.2) is 0 Å². The molecule has 0 bridgehead atoms. The summed E-state index contributed by atoms with van der Waals surface area (Å²) in [6.07, 6.45) is -4.34. The van der Waals surface area contributed by atoms with E-state index in [9.17, 15) is 18.4 Å². The summed E-state index contributed by atoms with van der Waals surface area (Å²) in [5.41, 5.74) is 1.45. The Balaban J connectivity index is 3.36. The van der Waals surface area contributed by atoms with E-state index in [-0.39, 0.29) is 11.8 Å². The second kappa shape index (κ2) is 6.13. The number of alkyl halides is 3. The minimum absolute atomic E-state index is 0.0414. The maximum absolute atomic E-state index is 12.6. The van der Waals surface area contributed by atoms with Crippen LogP contribution in [-0.2, 0) is 6.18 Å². The predicted octanol–water partition coefficient (Wildman–Crippen LogP) is 5.29. The summed E-state index contributed by atoms with van der Waals surface area (Å²) in [7, 11) is 0. The van der Waals surface area contributed by atoms with Gasteiger partial charge in [0, 0.05) is 5.57 Å². The van der Waals surface area contributed by atoms with Crippen LogP contribution in [0.15, 0.2) is 29.8 Å². The summed E-state index contributed by atoms with van der Waals surface area (Å²) >= 11 is 0. The van der Waals surface area contributed by atoms with E-state index in [1.54, 1.807) is 0 Å². The zero-order valence-corrected chi connectivity index (χ0v) is 12.0. The van der Waals surface area contributed by atoms with Gasteiger partial charge in [-0.2, -0.15) is 18.4 Å². The van der Waals surface area contributed by atoms with Gasteiger partial charge < -0.3 is 0 Å². The lowest BCUT2D eigenvalue weighted by Crippen LogP contribution is -2.06. The third kappa shape index (κ3) is 3.63. The average molecular weight is 281 g/mol. The van der Waals surface area contributed by atoms with Gasteiger partial charge in [0.25, 0.3) is 0 Å². The molecule has 0 saturated heterocycles. The minimum atomic E-state index is -4.34. The average Bonchev–Trinajstić information content (AvgIpc) is 2.33. The first-order valence-electron chi connectivity index (χ1n) is 6.50. The van der Waals surface area contributed by atoms with Gasteiger partial charge in [0.05, 0.1) is 11.6 Å². The monoisotopic (exact) mass is 281 g/mol. The Morgan fingerprint density at radius 2 is 1.50 bits per heavy atom. The van der Waals surface area contributed by atoms with Gasteiger partial charge in [-0.1, -0.05) is 39.8 Å². The van der Waals surface area contributed by atoms with Crippen molar-refractivity contribution < 1.29 is 13.2 Å². The topological polar surface area (TPSA) is 23.8 Å². The number of allylic oxidation sites excluding steroid dienone is 2. The van der Waals surface area contributed by atoms with Crippen molar-refractivity contribution in [1.82, 2.24) is 0 Å². The van der Waals surface area contributed by atoms with E-state index in [2.05, 4.69) is 6.07 Å². The molecule has 0 amide bonds. The van der Waals surface area contributed by atoms with Crippen LogP contribution in [0.2, 0.25) is 0 Å². The van der Waals surface area contributed by atoms with E-state index in [0.29, 0.717) is 11.1 Å². The molecule has 0 aliphatic carbocycles. The van der Waals surface area contributed by atoms with Crippen molar-refractivity contribution in [1.29, 1.82) is 5.26 Å². The van der Waals surface area contributed by atoms with Gasteiger partial charge in [-0.15, -0.1) is 0 Å². The molecule has 1 aromatic rings. The summed E-state index contributed by atoms with van der Waals surface area (Å²) in [5, 5.41) is 9.27. The van der Waals surface area contributed by atoms with Gasteiger partial charge in [-0.25, -0.2) is 0 Å². The molecule has 108 valence electrons. The SMILES string of the molecule is CC(C)/C(C#N)=C(/c1ccc(C(F)(F)F)cc1)C(C)C. The Bertz CT molecular complexity index is 528. The smallest absolute Gasteiger partial charge is 0.193 e. The number of benzene rings is 1. The van der Waals surface area contributed by atoms with Crippen LogP contribution in [0.3, 0.4) is 0 Å². The molecule has 0 aromatic heterocycles. The standard InChI is InChI=1S/C16H18F3N/c1-10(2)14(9-20)15(11(3)4)12-5-7-13(8-6-12)16(17,18)19/h5-8,10-11H,1-4H3/b15-14+. The lowest BCUT2D eigenvalue weighted by Gasteiger charge is -2.17. The van der Waals surface area contributed by atoms with Crippen LogP contribution in [0, 0.1) is 23.2 Å². The fourth-order valence-corrected chi connectivity index (χ4v) is 2.14. The van der Waals surface area contributed by atoms with E-state index in [0.717, 1.165) is 17.7 Å². The fraction of sp³-hybridized carbons (Fsp3) is 0.438. The molecule has 0 aliphatic heterocycles. The van der Waals surface area contributed by atoms with Crippen LogP contribution in [0.5, 0.6) is 0 Å². The maximum atomic E-state index is 12.6. The Morgan fingerprint density at radius 3 is 1.80 bits per heavy atom. The first-order valence-corrected chi connectivity index (χ1v) is 6.50. The van der Waals surface area contributed by atoms with Gasteiger partial charge in [0.2, 0.25) is 0 Å². The van der Waals surface area contributed by atoms with Crippen LogP contribution in [-0.4, -0.2) is 0 Å². The second-order valence-electron chi connectivity index (χ2n) is 5.32. The first-order chi connectivity index (χ1) is 9.18. The molecule has 0 N–H and O–H groups in total. The second-order valence-corrected chi connectivity index (χ2v) is 5.32. The van der Waals surface area contributed by atoms with Crippen molar-refractivity contribution in [2.24, 2.45) is 11.8 Å². The van der Waals surface area contributed by atoms with E-state index >= 15 is 0 Å². The molecule has 0 saturated carbocycles. The number of nitrogens with zero attached hydrogens (tertiary/aromatic N) is 1. The van der Waals surface area contributed by atoms with Crippen LogP contribution in [0.25, 0.3) is 5.57 Å². The van der Waals surface area contributed by atoms with Crippen molar-refractivity contribution in [3.05, 3.63) is 41.0 Å². The summed E-state index contributed by atoms with van der Waals surface area (Å²) in [4.78, 5) is 0. The third-order valence-electron chi connectivity index (χ3n) is 3.09. The van der Waals surface area contributed by atoms with Crippen molar-refractivity contribution in [2.75, 3.05) is 0 Å². The predicted molar refractivity (Wildman–Crippen MR) is 73.7 cm³/mol. The molecule has 20 heavy (non-hydrogen) atoms. The van der Waals surface area contributed by atoms with Crippen LogP contribution in [0.1, 0.15) is 38.8 Å². The van der Waals surface area contributed by atoms with E-state index in [1.165, 1.54) is 12.1 Å². The highest BCUT2D eigenvalue weighted by Gasteiger charge is 2.30. The van der Waals surface area contributed by atoms with Gasteiger partial charge in [-0.3, -0.25) is 0 Å². The molecule has 0 heterocycles. The Hall–Kier alpha value is -1.76. The molecule has 0 spiro atoms. The highest BCUT2D eigenvalue weighted by molar-refractivity contribution is 5.73. The fourth-order valence-electron chi connectivity index (χ4n) is 2.14. The van der Waals surface area contributed by atoms with Crippen molar-refractivity contribution in [3.63, 3.8) is 0 Å². The molecule has 0 radical (unpaired) electrons. The highest BCUT2D eigenvalue weighted by Crippen LogP contribution is 2.33. The van der Waals surface area contributed by atoms with Crippen molar-refractivity contribution >= 4 is 5.57 Å². The Morgan fingerprint density at radius 1 is 1.00 bits per heavy atom. The molecule has 1 nitrogen and oxygen atoms in total. The first kappa shape index (κ1) is 16.3. The van der Waals surface area contributed by atoms with E-state index < -0.39 is 11.7 Å². The molecule has 4 heteroatoms. The van der Waals surface area contributed by atoms with Crippen molar-refractivity contribution in [3.8, 4) is 6.07 Å². The number of hydrogen-bond donors (Lipinski definition) is 0. The van der Waals surface area contributed by atoms with Crippen LogP contribution in [0.4, 0.5) is 13.2 Å². The maximum Gasteiger partial charge on any atom is 0.416 e. The number of rotatable bonds is 3. The van der Waals surface area contributed by atoms with Gasteiger partial charge in [-0.05, 0) is 35.1 Å². The highest BCUT2D eigenvalue weighted by atomic mass is 19.4. The largest absolute Gasteiger partial charge is 0.416 e. The minimum Gasteiger partial charge on any atom is -0.193 e. The third-order valence-corrected chi connectivity index (χ3v) is 3.09. The van der Waals surface area contributed by atoms with E-state index in [4.69, 9.17) is 0 Å². The zero-order chi connectivity index (χ0) is 15.5. The molecule has 0 aliphatic rings. The summed E-state index contributed by atoms with van der Waals surface area (Å²) in [5.74, 6) is 0.114. The van der Waals surface area contributed by atoms with E-state index in [1.807, 2.05) is 27.7 Å². The number of halogens is 3. The molecule has 0 atom stereocenters. The zero-order valence-electron chi connectivity index (χ0n) is 12.0. The molecule has 0 fully saturated rings.